The Hall–Kier alpha value is -1.95. The van der Waals surface area contributed by atoms with Crippen LogP contribution in [-0.2, 0) is 16.8 Å². The van der Waals surface area contributed by atoms with E-state index in [1.807, 2.05) is 23.5 Å². The number of benzene rings is 1. The van der Waals surface area contributed by atoms with E-state index >= 15 is 0 Å². The molecule has 0 atom stereocenters. The van der Waals surface area contributed by atoms with E-state index in [2.05, 4.69) is 30.4 Å². The Bertz CT molecular complexity index is 1000. The Morgan fingerprint density at radius 2 is 2.07 bits per heavy atom. The zero-order valence-electron chi connectivity index (χ0n) is 15.8. The Balaban J connectivity index is 1.64. The summed E-state index contributed by atoms with van der Waals surface area (Å²) in [6.07, 6.45) is 3.10. The number of ether oxygens (including phenoxy) is 2. The van der Waals surface area contributed by atoms with Crippen LogP contribution in [0.25, 0.3) is 21.5 Å². The van der Waals surface area contributed by atoms with E-state index in [1.54, 1.807) is 7.11 Å². The first kappa shape index (κ1) is 17.2. The molecule has 0 unspecified atom stereocenters. The van der Waals surface area contributed by atoms with E-state index in [4.69, 9.17) is 14.5 Å². The summed E-state index contributed by atoms with van der Waals surface area (Å²) in [6.45, 7) is 5.02. The van der Waals surface area contributed by atoms with Gasteiger partial charge in [-0.05, 0) is 68.6 Å². The second-order valence-electron chi connectivity index (χ2n) is 7.49. The summed E-state index contributed by atoms with van der Waals surface area (Å²) in [5.41, 5.74) is 4.56. The van der Waals surface area contributed by atoms with Crippen molar-refractivity contribution < 1.29 is 9.47 Å². The zero-order chi connectivity index (χ0) is 18.4. The standard InChI is InChI=1S/C22H24N2O2S/c1-14-12-17(24-20-16(14)4-3-5-18(20)25-2)19-13-15-6-11-26-22(21(15)27-19)7-9-23-10-8-22/h3-5,12-13,23H,6-11H2,1-2H3. The van der Waals surface area contributed by atoms with E-state index < -0.39 is 0 Å². The Labute approximate surface area is 163 Å². The largest absolute Gasteiger partial charge is 0.494 e. The average Bonchev–Trinajstić information content (AvgIpc) is 3.14. The van der Waals surface area contributed by atoms with Gasteiger partial charge in [-0.1, -0.05) is 12.1 Å². The molecule has 1 saturated heterocycles. The van der Waals surface area contributed by atoms with Crippen LogP contribution < -0.4 is 10.1 Å². The molecular weight excluding hydrogens is 356 g/mol. The molecular formula is C22H24N2O2S. The fraction of sp³-hybridized carbons (Fsp3) is 0.409. The molecule has 1 aromatic carbocycles. The highest BCUT2D eigenvalue weighted by molar-refractivity contribution is 7.15. The minimum atomic E-state index is -0.0919. The minimum Gasteiger partial charge on any atom is -0.494 e. The molecule has 2 aromatic heterocycles. The maximum absolute atomic E-state index is 6.34. The molecule has 3 aromatic rings. The van der Waals surface area contributed by atoms with Crippen LogP contribution in [0.2, 0.25) is 0 Å². The Morgan fingerprint density at radius 1 is 1.22 bits per heavy atom. The van der Waals surface area contributed by atoms with Crippen LogP contribution in [0.4, 0.5) is 0 Å². The van der Waals surface area contributed by atoms with Crippen LogP contribution in [0.5, 0.6) is 5.75 Å². The molecule has 2 aliphatic heterocycles. The van der Waals surface area contributed by atoms with Gasteiger partial charge >= 0.3 is 0 Å². The fourth-order valence-corrected chi connectivity index (χ4v) is 5.80. The monoisotopic (exact) mass is 380 g/mol. The van der Waals surface area contributed by atoms with Crippen molar-refractivity contribution in [2.75, 3.05) is 26.8 Å². The van der Waals surface area contributed by atoms with Crippen molar-refractivity contribution in [3.05, 3.63) is 46.3 Å². The topological polar surface area (TPSA) is 43.4 Å². The first-order valence-corrected chi connectivity index (χ1v) is 10.4. The van der Waals surface area contributed by atoms with E-state index in [0.717, 1.165) is 61.3 Å². The molecule has 5 heteroatoms. The van der Waals surface area contributed by atoms with Crippen molar-refractivity contribution in [2.24, 2.45) is 0 Å². The molecule has 140 valence electrons. The van der Waals surface area contributed by atoms with Crippen molar-refractivity contribution in [3.63, 3.8) is 0 Å². The number of pyridine rings is 1. The number of nitrogens with zero attached hydrogens (tertiary/aromatic N) is 1. The lowest BCUT2D eigenvalue weighted by atomic mass is 9.86. The second-order valence-corrected chi connectivity index (χ2v) is 8.54. The van der Waals surface area contributed by atoms with Gasteiger partial charge in [0.15, 0.2) is 0 Å². The number of hydrogen-bond donors (Lipinski definition) is 1. The summed E-state index contributed by atoms with van der Waals surface area (Å²) in [5.74, 6) is 0.830. The molecule has 0 bridgehead atoms. The van der Waals surface area contributed by atoms with Gasteiger partial charge in [0, 0.05) is 10.3 Å². The molecule has 0 saturated carbocycles. The summed E-state index contributed by atoms with van der Waals surface area (Å²) in [5, 5.41) is 4.61. The van der Waals surface area contributed by atoms with Crippen LogP contribution >= 0.6 is 11.3 Å². The Morgan fingerprint density at radius 3 is 2.89 bits per heavy atom. The molecule has 2 aliphatic rings. The molecule has 0 radical (unpaired) electrons. The quantitative estimate of drug-likeness (QED) is 0.714. The zero-order valence-corrected chi connectivity index (χ0v) is 16.6. The number of thiophene rings is 1. The van der Waals surface area contributed by atoms with E-state index in [-0.39, 0.29) is 5.60 Å². The Kier molecular flexibility index (Phi) is 4.19. The number of aryl methyl sites for hydroxylation is 1. The van der Waals surface area contributed by atoms with Crippen molar-refractivity contribution in [1.29, 1.82) is 0 Å². The number of piperidine rings is 1. The highest BCUT2D eigenvalue weighted by Gasteiger charge is 2.40. The second kappa shape index (κ2) is 6.59. The number of hydrogen-bond acceptors (Lipinski definition) is 5. The molecule has 1 spiro atoms. The number of methoxy groups -OCH3 is 1. The van der Waals surface area contributed by atoms with Gasteiger partial charge in [0.25, 0.3) is 0 Å². The smallest absolute Gasteiger partial charge is 0.145 e. The van der Waals surface area contributed by atoms with E-state index in [9.17, 15) is 0 Å². The van der Waals surface area contributed by atoms with Crippen LogP contribution in [0.1, 0.15) is 28.8 Å². The summed E-state index contributed by atoms with van der Waals surface area (Å²) < 4.78 is 11.9. The lowest BCUT2D eigenvalue weighted by molar-refractivity contribution is -0.0771. The number of para-hydroxylation sites is 1. The maximum atomic E-state index is 6.34. The van der Waals surface area contributed by atoms with Crippen molar-refractivity contribution in [1.82, 2.24) is 10.3 Å². The third-order valence-corrected chi connectivity index (χ3v) is 7.25. The third kappa shape index (κ3) is 2.76. The summed E-state index contributed by atoms with van der Waals surface area (Å²) in [4.78, 5) is 7.64. The van der Waals surface area contributed by atoms with Crippen LogP contribution in [0.3, 0.4) is 0 Å². The molecule has 1 N–H and O–H groups in total. The lowest BCUT2D eigenvalue weighted by Crippen LogP contribution is -2.43. The SMILES string of the molecule is COc1cccc2c(C)cc(-c3cc4c(s3)C3(CCNCC3)OCC4)nc12. The molecule has 5 rings (SSSR count). The van der Waals surface area contributed by atoms with Crippen molar-refractivity contribution in [3.8, 4) is 16.3 Å². The predicted molar refractivity (Wildman–Crippen MR) is 110 cm³/mol. The lowest BCUT2D eigenvalue weighted by Gasteiger charge is -2.40. The number of aromatic nitrogens is 1. The van der Waals surface area contributed by atoms with E-state index in [1.165, 1.54) is 20.9 Å². The van der Waals surface area contributed by atoms with Crippen molar-refractivity contribution in [2.45, 2.75) is 31.8 Å². The molecule has 4 nitrogen and oxygen atoms in total. The average molecular weight is 381 g/mol. The van der Waals surface area contributed by atoms with Gasteiger partial charge in [0.2, 0.25) is 0 Å². The van der Waals surface area contributed by atoms with Crippen LogP contribution in [-0.4, -0.2) is 31.8 Å². The minimum absolute atomic E-state index is 0.0919. The molecule has 0 aliphatic carbocycles. The van der Waals surface area contributed by atoms with Gasteiger partial charge < -0.3 is 14.8 Å². The number of nitrogens with one attached hydrogen (secondary N) is 1. The van der Waals surface area contributed by atoms with Crippen LogP contribution in [0.15, 0.2) is 30.3 Å². The fourth-order valence-electron chi connectivity index (χ4n) is 4.43. The summed E-state index contributed by atoms with van der Waals surface area (Å²) in [7, 11) is 1.71. The number of rotatable bonds is 2. The predicted octanol–water partition coefficient (Wildman–Crippen LogP) is 4.43. The van der Waals surface area contributed by atoms with Gasteiger partial charge in [-0.2, -0.15) is 0 Å². The highest BCUT2D eigenvalue weighted by Crippen LogP contribution is 2.46. The summed E-state index contributed by atoms with van der Waals surface area (Å²) in [6, 6.07) is 10.7. The van der Waals surface area contributed by atoms with Crippen molar-refractivity contribution >= 4 is 22.2 Å². The first-order chi connectivity index (χ1) is 13.2. The van der Waals surface area contributed by atoms with E-state index in [0.29, 0.717) is 0 Å². The highest BCUT2D eigenvalue weighted by atomic mass is 32.1. The van der Waals surface area contributed by atoms with Gasteiger partial charge in [-0.3, -0.25) is 0 Å². The third-order valence-electron chi connectivity index (χ3n) is 5.87. The van der Waals surface area contributed by atoms with Gasteiger partial charge in [-0.25, -0.2) is 4.98 Å². The van der Waals surface area contributed by atoms with Gasteiger partial charge in [-0.15, -0.1) is 11.3 Å². The normalized spacial score (nSPS) is 18.6. The molecule has 4 heterocycles. The van der Waals surface area contributed by atoms with Crippen LogP contribution in [0, 0.1) is 6.92 Å². The summed E-state index contributed by atoms with van der Waals surface area (Å²) >= 11 is 1.87. The maximum Gasteiger partial charge on any atom is 0.145 e. The molecule has 1 fully saturated rings. The molecule has 0 amide bonds. The molecule has 27 heavy (non-hydrogen) atoms. The van der Waals surface area contributed by atoms with Gasteiger partial charge in [0.1, 0.15) is 16.9 Å². The first-order valence-electron chi connectivity index (χ1n) is 9.63. The van der Waals surface area contributed by atoms with Gasteiger partial charge in [0.05, 0.1) is 24.3 Å². The number of fused-ring (bicyclic) bond motifs is 3.